The standard InChI is InChI=1S/C39H48N4O4S/c1-26-12-9-13-27(2)36(26)34-23-35(42-38(40)41-34)47-25-32(24-39(3,4)5)43(37(44)30-18-11-19-33(22-30)48(45)46)31-20-29(21-31)17-10-16-28-14-7-6-8-15-28/h6-9,11-15,18-19,22-23,29,31-32H,10,16-17,20-21,24-25H2,1-5H3,(H,45,46)(H2,40,41,42)/t29?,31?,32-/m1/s1. The van der Waals surface area contributed by atoms with Crippen molar-refractivity contribution in [1.29, 1.82) is 0 Å². The summed E-state index contributed by atoms with van der Waals surface area (Å²) in [7, 11) is 0. The van der Waals surface area contributed by atoms with Crippen molar-refractivity contribution in [3.8, 4) is 17.1 Å². The number of rotatable bonds is 13. The van der Waals surface area contributed by atoms with Crippen LogP contribution in [0.15, 0.2) is 83.8 Å². The Morgan fingerprint density at radius 2 is 1.69 bits per heavy atom. The third-order valence-corrected chi connectivity index (χ3v) is 9.82. The minimum absolute atomic E-state index is 0.0269. The Balaban J connectivity index is 1.40. The van der Waals surface area contributed by atoms with Gasteiger partial charge < -0.3 is 19.9 Å². The monoisotopic (exact) mass is 668 g/mol. The molecule has 2 atom stereocenters. The van der Waals surface area contributed by atoms with Gasteiger partial charge in [-0.2, -0.15) is 4.98 Å². The number of nitrogen functional groups attached to an aromatic ring is 1. The van der Waals surface area contributed by atoms with Gasteiger partial charge in [-0.05, 0) is 98.6 Å². The molecule has 1 aliphatic carbocycles. The highest BCUT2D eigenvalue weighted by Crippen LogP contribution is 2.39. The smallest absolute Gasteiger partial charge is 0.254 e. The van der Waals surface area contributed by atoms with Crippen LogP contribution in [-0.2, 0) is 17.5 Å². The number of carbonyl (C=O) groups is 1. The van der Waals surface area contributed by atoms with Crippen LogP contribution in [-0.4, -0.2) is 48.2 Å². The molecule has 8 nitrogen and oxygen atoms in total. The molecule has 3 N–H and O–H groups in total. The largest absolute Gasteiger partial charge is 0.475 e. The lowest BCUT2D eigenvalue weighted by atomic mass is 9.75. The van der Waals surface area contributed by atoms with Crippen molar-refractivity contribution in [2.75, 3.05) is 12.3 Å². The summed E-state index contributed by atoms with van der Waals surface area (Å²) in [5, 5.41) is 0. The first-order valence-electron chi connectivity index (χ1n) is 16.8. The number of benzene rings is 3. The fourth-order valence-corrected chi connectivity index (χ4v) is 7.33. The lowest BCUT2D eigenvalue weighted by Gasteiger charge is -2.47. The molecule has 1 aromatic heterocycles. The highest BCUT2D eigenvalue weighted by molar-refractivity contribution is 7.79. The van der Waals surface area contributed by atoms with Crippen molar-refractivity contribution in [1.82, 2.24) is 14.9 Å². The topological polar surface area (TPSA) is 119 Å². The molecule has 0 spiro atoms. The summed E-state index contributed by atoms with van der Waals surface area (Å²) in [5.41, 5.74) is 11.7. The van der Waals surface area contributed by atoms with E-state index in [0.29, 0.717) is 29.5 Å². The van der Waals surface area contributed by atoms with Gasteiger partial charge in [-0.25, -0.2) is 9.19 Å². The van der Waals surface area contributed by atoms with Crippen LogP contribution in [0.5, 0.6) is 5.88 Å². The Hall–Kier alpha value is -4.08. The summed E-state index contributed by atoms with van der Waals surface area (Å²) < 4.78 is 28.1. The number of ether oxygens (including phenoxy) is 1. The highest BCUT2D eigenvalue weighted by Gasteiger charge is 2.41. The number of anilines is 1. The zero-order valence-corrected chi connectivity index (χ0v) is 29.5. The zero-order valence-electron chi connectivity index (χ0n) is 28.7. The normalized spacial score (nSPS) is 17.3. The molecule has 1 saturated carbocycles. The van der Waals surface area contributed by atoms with Crippen LogP contribution in [0.2, 0.25) is 0 Å². The second-order valence-electron chi connectivity index (χ2n) is 14.3. The Kier molecular flexibility index (Phi) is 11.3. The van der Waals surface area contributed by atoms with Crippen LogP contribution < -0.4 is 10.5 Å². The van der Waals surface area contributed by atoms with Crippen molar-refractivity contribution in [2.24, 2.45) is 11.3 Å². The number of nitrogens with zero attached hydrogens (tertiary/aromatic N) is 3. The Bertz CT molecular complexity index is 1710. The first kappa shape index (κ1) is 35.2. The van der Waals surface area contributed by atoms with Gasteiger partial charge in [-0.1, -0.05) is 75.4 Å². The molecule has 9 heteroatoms. The quantitative estimate of drug-likeness (QED) is 0.138. The van der Waals surface area contributed by atoms with Crippen molar-refractivity contribution in [3.63, 3.8) is 0 Å². The molecule has 1 aliphatic rings. The number of hydrogen-bond acceptors (Lipinski definition) is 6. The SMILES string of the molecule is Cc1cccc(C)c1-c1cc(OC[C@@H](CC(C)(C)C)N(C(=O)c2cccc(S(=O)O)c2)C2CC(CCCc3ccccc3)C2)nc(N)n1. The van der Waals surface area contributed by atoms with E-state index in [0.717, 1.165) is 48.8 Å². The fraction of sp³-hybridized carbons (Fsp3) is 0.410. The third kappa shape index (κ3) is 9.08. The van der Waals surface area contributed by atoms with E-state index in [1.54, 1.807) is 18.2 Å². The minimum atomic E-state index is -2.19. The van der Waals surface area contributed by atoms with Gasteiger partial charge >= 0.3 is 0 Å². The molecule has 1 heterocycles. The van der Waals surface area contributed by atoms with E-state index in [2.05, 4.69) is 55.0 Å². The molecular formula is C39H48N4O4S. The first-order valence-corrected chi connectivity index (χ1v) is 17.9. The fourth-order valence-electron chi connectivity index (χ4n) is 6.91. The van der Waals surface area contributed by atoms with Crippen molar-refractivity contribution in [3.05, 3.63) is 101 Å². The molecule has 3 aromatic carbocycles. The molecule has 48 heavy (non-hydrogen) atoms. The average molecular weight is 669 g/mol. The van der Waals surface area contributed by atoms with Crippen molar-refractivity contribution >= 4 is 22.9 Å². The van der Waals surface area contributed by atoms with Gasteiger partial charge in [0.2, 0.25) is 11.8 Å². The number of aryl methyl sites for hydroxylation is 3. The van der Waals surface area contributed by atoms with Gasteiger partial charge in [-0.3, -0.25) is 4.79 Å². The number of aromatic nitrogens is 2. The molecule has 4 aromatic rings. The molecule has 0 bridgehead atoms. The van der Waals surface area contributed by atoms with Crippen LogP contribution in [0.25, 0.3) is 11.3 Å². The van der Waals surface area contributed by atoms with E-state index in [1.807, 2.05) is 49.1 Å². The summed E-state index contributed by atoms with van der Waals surface area (Å²) in [6.07, 6.45) is 5.75. The van der Waals surface area contributed by atoms with Crippen molar-refractivity contribution in [2.45, 2.75) is 90.1 Å². The second-order valence-corrected chi connectivity index (χ2v) is 15.3. The molecule has 1 fully saturated rings. The van der Waals surface area contributed by atoms with Crippen LogP contribution >= 0.6 is 0 Å². The van der Waals surface area contributed by atoms with E-state index in [9.17, 15) is 13.6 Å². The maximum atomic E-state index is 14.4. The Labute approximate surface area is 287 Å². The number of hydrogen-bond donors (Lipinski definition) is 2. The first-order chi connectivity index (χ1) is 22.9. The van der Waals surface area contributed by atoms with E-state index < -0.39 is 11.1 Å². The Morgan fingerprint density at radius 1 is 1.00 bits per heavy atom. The van der Waals surface area contributed by atoms with Gasteiger partial charge in [0.25, 0.3) is 5.91 Å². The van der Waals surface area contributed by atoms with Gasteiger partial charge in [0.1, 0.15) is 6.61 Å². The second kappa shape index (κ2) is 15.4. The van der Waals surface area contributed by atoms with Crippen LogP contribution in [0, 0.1) is 25.2 Å². The maximum Gasteiger partial charge on any atom is 0.254 e. The van der Waals surface area contributed by atoms with Gasteiger partial charge in [0.05, 0.1) is 16.6 Å². The molecule has 5 rings (SSSR count). The molecule has 0 aliphatic heterocycles. The summed E-state index contributed by atoms with van der Waals surface area (Å²) >= 11 is -2.19. The number of nitrogens with two attached hydrogens (primary N) is 1. The summed E-state index contributed by atoms with van der Waals surface area (Å²) in [4.78, 5) is 25.5. The van der Waals surface area contributed by atoms with Crippen LogP contribution in [0.3, 0.4) is 0 Å². The van der Waals surface area contributed by atoms with Crippen molar-refractivity contribution < 1.29 is 18.3 Å². The lowest BCUT2D eigenvalue weighted by Crippen LogP contribution is -2.55. The number of carbonyl (C=O) groups excluding carboxylic acids is 1. The van der Waals surface area contributed by atoms with Gasteiger partial charge in [0.15, 0.2) is 11.1 Å². The summed E-state index contributed by atoms with van der Waals surface area (Å²) in [6.45, 7) is 10.8. The highest BCUT2D eigenvalue weighted by atomic mass is 32.2. The zero-order chi connectivity index (χ0) is 34.4. The van der Waals surface area contributed by atoms with E-state index in [-0.39, 0.29) is 40.9 Å². The van der Waals surface area contributed by atoms with Gasteiger partial charge in [0, 0.05) is 23.2 Å². The minimum Gasteiger partial charge on any atom is -0.475 e. The molecule has 1 amide bonds. The predicted octanol–water partition coefficient (Wildman–Crippen LogP) is 8.05. The average Bonchev–Trinajstić information content (AvgIpc) is 3.01. The van der Waals surface area contributed by atoms with E-state index in [1.165, 1.54) is 11.6 Å². The number of amides is 1. The molecule has 0 radical (unpaired) electrons. The molecular weight excluding hydrogens is 621 g/mol. The molecule has 0 saturated heterocycles. The molecule has 254 valence electrons. The predicted molar refractivity (Wildman–Crippen MR) is 192 cm³/mol. The summed E-state index contributed by atoms with van der Waals surface area (Å²) in [5.74, 6) is 0.850. The van der Waals surface area contributed by atoms with Gasteiger partial charge in [-0.15, -0.1) is 0 Å². The lowest BCUT2D eigenvalue weighted by molar-refractivity contribution is 0.00835. The van der Waals surface area contributed by atoms with E-state index >= 15 is 0 Å². The Morgan fingerprint density at radius 3 is 2.35 bits per heavy atom. The molecule has 1 unspecified atom stereocenters. The van der Waals surface area contributed by atoms with Crippen LogP contribution in [0.4, 0.5) is 5.95 Å². The summed E-state index contributed by atoms with van der Waals surface area (Å²) in [6, 6.07) is 24.7. The maximum absolute atomic E-state index is 14.4. The van der Waals surface area contributed by atoms with E-state index in [4.69, 9.17) is 10.5 Å². The van der Waals surface area contributed by atoms with Crippen LogP contribution in [0.1, 0.15) is 79.9 Å². The third-order valence-electron chi connectivity index (χ3n) is 9.16.